The van der Waals surface area contributed by atoms with Gasteiger partial charge in [-0.15, -0.1) is 0 Å². The Balaban J connectivity index is 1.85. The van der Waals surface area contributed by atoms with Gasteiger partial charge in [0.25, 0.3) is 0 Å². The maximum Gasteiger partial charge on any atom is 0.229 e. The first-order valence-electron chi connectivity index (χ1n) is 11.1. The molecule has 0 N–H and O–H groups in total. The zero-order chi connectivity index (χ0) is 24.9. The van der Waals surface area contributed by atoms with E-state index in [0.29, 0.717) is 56.0 Å². The number of ether oxygens (including phenoxy) is 3. The van der Waals surface area contributed by atoms with Gasteiger partial charge in [-0.25, -0.2) is 12.8 Å². The van der Waals surface area contributed by atoms with Gasteiger partial charge in [-0.3, -0.25) is 4.79 Å². The monoisotopic (exact) mass is 493 g/mol. The van der Waals surface area contributed by atoms with Crippen molar-refractivity contribution in [3.05, 3.63) is 53.3 Å². The topological polar surface area (TPSA) is 82.1 Å². The molecule has 0 aliphatic carbocycles. The van der Waals surface area contributed by atoms with E-state index in [1.54, 1.807) is 17.0 Å². The standard InChI is InChI=1S/C25H32FNO6S/c1-31-21-14-19(15-22(32-2)23(21)33-3)17-27-12-11-25(24(27)28,10-5-13-34(4,29)30)16-18-6-8-20(26)9-7-18/h6-9,14-15H,5,10-13,16-17H2,1-4H3. The number of methoxy groups -OCH3 is 3. The molecule has 1 atom stereocenters. The average Bonchev–Trinajstić information content (AvgIpc) is 3.09. The van der Waals surface area contributed by atoms with E-state index >= 15 is 0 Å². The van der Waals surface area contributed by atoms with Crippen molar-refractivity contribution in [1.82, 2.24) is 4.90 Å². The molecule has 0 bridgehead atoms. The number of rotatable bonds is 11. The number of hydrogen-bond donors (Lipinski definition) is 0. The van der Waals surface area contributed by atoms with Crippen molar-refractivity contribution >= 4 is 15.7 Å². The molecule has 2 aromatic carbocycles. The van der Waals surface area contributed by atoms with Crippen LogP contribution >= 0.6 is 0 Å². The van der Waals surface area contributed by atoms with Gasteiger partial charge in [0.1, 0.15) is 15.7 Å². The van der Waals surface area contributed by atoms with Crippen LogP contribution in [0.4, 0.5) is 4.39 Å². The fourth-order valence-corrected chi connectivity index (χ4v) is 5.31. The molecule has 7 nitrogen and oxygen atoms in total. The molecule has 1 aliphatic rings. The van der Waals surface area contributed by atoms with Gasteiger partial charge in [0.15, 0.2) is 11.5 Å². The highest BCUT2D eigenvalue weighted by Gasteiger charge is 2.46. The van der Waals surface area contributed by atoms with Gasteiger partial charge in [0.2, 0.25) is 11.7 Å². The van der Waals surface area contributed by atoms with Crippen LogP contribution in [0.25, 0.3) is 0 Å². The maximum absolute atomic E-state index is 13.7. The van der Waals surface area contributed by atoms with Crippen molar-refractivity contribution in [2.24, 2.45) is 5.41 Å². The number of carbonyl (C=O) groups excluding carboxylic acids is 1. The third-order valence-electron chi connectivity index (χ3n) is 6.33. The van der Waals surface area contributed by atoms with Crippen LogP contribution in [0.3, 0.4) is 0 Å². The smallest absolute Gasteiger partial charge is 0.229 e. The minimum Gasteiger partial charge on any atom is -0.493 e. The maximum atomic E-state index is 13.7. The predicted octanol–water partition coefficient (Wildman–Crippen LogP) is 3.64. The molecule has 1 saturated heterocycles. The van der Waals surface area contributed by atoms with Crippen LogP contribution in [-0.2, 0) is 27.6 Å². The zero-order valence-corrected chi connectivity index (χ0v) is 20.9. The molecule has 1 aliphatic heterocycles. The van der Waals surface area contributed by atoms with Crippen LogP contribution in [-0.4, -0.2) is 59.1 Å². The van der Waals surface area contributed by atoms with Gasteiger partial charge in [-0.1, -0.05) is 12.1 Å². The van der Waals surface area contributed by atoms with Crippen molar-refractivity contribution in [2.45, 2.75) is 32.2 Å². The summed E-state index contributed by atoms with van der Waals surface area (Å²) in [6.45, 7) is 0.891. The van der Waals surface area contributed by atoms with Gasteiger partial charge < -0.3 is 19.1 Å². The highest BCUT2D eigenvalue weighted by Crippen LogP contribution is 2.42. The van der Waals surface area contributed by atoms with Crippen molar-refractivity contribution in [3.8, 4) is 17.2 Å². The molecule has 1 unspecified atom stereocenters. The average molecular weight is 494 g/mol. The SMILES string of the molecule is COc1cc(CN2CCC(CCCS(C)(=O)=O)(Cc3ccc(F)cc3)C2=O)cc(OC)c1OC. The second kappa shape index (κ2) is 10.6. The first kappa shape index (κ1) is 25.8. The van der Waals surface area contributed by atoms with E-state index in [4.69, 9.17) is 14.2 Å². The predicted molar refractivity (Wildman–Crippen MR) is 128 cm³/mol. The van der Waals surface area contributed by atoms with Crippen LogP contribution in [0.1, 0.15) is 30.4 Å². The number of benzene rings is 2. The van der Waals surface area contributed by atoms with E-state index in [0.717, 1.165) is 11.1 Å². The van der Waals surface area contributed by atoms with E-state index in [1.165, 1.54) is 39.7 Å². The number of sulfone groups is 1. The lowest BCUT2D eigenvalue weighted by molar-refractivity contribution is -0.137. The van der Waals surface area contributed by atoms with E-state index in [-0.39, 0.29) is 17.5 Å². The molecular formula is C25H32FNO6S. The number of nitrogens with zero attached hydrogens (tertiary/aromatic N) is 1. The Kier molecular flexibility index (Phi) is 8.07. The van der Waals surface area contributed by atoms with Crippen LogP contribution in [0.15, 0.2) is 36.4 Å². The van der Waals surface area contributed by atoms with Gasteiger partial charge >= 0.3 is 0 Å². The van der Waals surface area contributed by atoms with Crippen molar-refractivity contribution < 1.29 is 31.8 Å². The molecule has 3 rings (SSSR count). The molecule has 0 spiro atoms. The van der Waals surface area contributed by atoms with Crippen molar-refractivity contribution in [1.29, 1.82) is 0 Å². The molecule has 186 valence electrons. The summed E-state index contributed by atoms with van der Waals surface area (Å²) in [7, 11) is 1.47. The third-order valence-corrected chi connectivity index (χ3v) is 7.36. The fraction of sp³-hybridized carbons (Fsp3) is 0.480. The normalized spacial score (nSPS) is 18.3. The van der Waals surface area contributed by atoms with Crippen LogP contribution < -0.4 is 14.2 Å². The van der Waals surface area contributed by atoms with Crippen LogP contribution in [0, 0.1) is 11.2 Å². The van der Waals surface area contributed by atoms with Gasteiger partial charge in [0, 0.05) is 25.1 Å². The van der Waals surface area contributed by atoms with Crippen LogP contribution in [0.5, 0.6) is 17.2 Å². The molecule has 0 saturated carbocycles. The molecular weight excluding hydrogens is 461 g/mol. The van der Waals surface area contributed by atoms with E-state index in [1.807, 2.05) is 12.1 Å². The summed E-state index contributed by atoms with van der Waals surface area (Å²) in [6.07, 6.45) is 3.07. The molecule has 9 heteroatoms. The third kappa shape index (κ3) is 6.00. The van der Waals surface area contributed by atoms with E-state index in [9.17, 15) is 17.6 Å². The quantitative estimate of drug-likeness (QED) is 0.475. The zero-order valence-electron chi connectivity index (χ0n) is 20.1. The molecule has 0 aromatic heterocycles. The summed E-state index contributed by atoms with van der Waals surface area (Å²) < 4.78 is 53.0. The van der Waals surface area contributed by atoms with Crippen LogP contribution in [0.2, 0.25) is 0 Å². The fourth-order valence-electron chi connectivity index (χ4n) is 4.64. The first-order chi connectivity index (χ1) is 16.1. The second-order valence-electron chi connectivity index (χ2n) is 8.83. The highest BCUT2D eigenvalue weighted by atomic mass is 32.2. The van der Waals surface area contributed by atoms with Gasteiger partial charge in [0.05, 0.1) is 26.7 Å². The minimum atomic E-state index is -3.14. The Morgan fingerprint density at radius 1 is 1.00 bits per heavy atom. The molecule has 1 amide bonds. The number of likely N-dealkylation sites (tertiary alicyclic amines) is 1. The number of amides is 1. The summed E-state index contributed by atoms with van der Waals surface area (Å²) in [5, 5.41) is 0. The summed E-state index contributed by atoms with van der Waals surface area (Å²) in [6, 6.07) is 9.77. The molecule has 34 heavy (non-hydrogen) atoms. The lowest BCUT2D eigenvalue weighted by Gasteiger charge is -2.28. The lowest BCUT2D eigenvalue weighted by Crippen LogP contribution is -2.36. The first-order valence-corrected chi connectivity index (χ1v) is 13.2. The molecule has 1 fully saturated rings. The Labute approximate surface area is 200 Å². The summed E-state index contributed by atoms with van der Waals surface area (Å²) in [4.78, 5) is 15.5. The van der Waals surface area contributed by atoms with Crippen molar-refractivity contribution in [2.75, 3.05) is 39.9 Å². The Bertz CT molecular complexity index is 1090. The van der Waals surface area contributed by atoms with E-state index in [2.05, 4.69) is 0 Å². The molecule has 0 radical (unpaired) electrons. The Hall–Kier alpha value is -2.81. The van der Waals surface area contributed by atoms with Crippen molar-refractivity contribution in [3.63, 3.8) is 0 Å². The Morgan fingerprint density at radius 3 is 2.15 bits per heavy atom. The molecule has 2 aromatic rings. The number of hydrogen-bond acceptors (Lipinski definition) is 6. The molecule has 1 heterocycles. The Morgan fingerprint density at radius 2 is 1.62 bits per heavy atom. The van der Waals surface area contributed by atoms with E-state index < -0.39 is 15.3 Å². The summed E-state index contributed by atoms with van der Waals surface area (Å²) >= 11 is 0. The second-order valence-corrected chi connectivity index (χ2v) is 11.1. The van der Waals surface area contributed by atoms with Gasteiger partial charge in [-0.05, 0) is 61.1 Å². The minimum absolute atomic E-state index is 0.0261. The highest BCUT2D eigenvalue weighted by molar-refractivity contribution is 7.90. The number of carbonyl (C=O) groups is 1. The summed E-state index contributed by atoms with van der Waals surface area (Å²) in [5.74, 6) is 1.16. The number of halogens is 1. The lowest BCUT2D eigenvalue weighted by atomic mass is 9.76. The van der Waals surface area contributed by atoms with Gasteiger partial charge in [-0.2, -0.15) is 0 Å². The summed E-state index contributed by atoms with van der Waals surface area (Å²) in [5.41, 5.74) is 0.948. The largest absolute Gasteiger partial charge is 0.493 e.